The maximum Gasteiger partial charge on any atom is 0.251 e. The van der Waals surface area contributed by atoms with E-state index in [1.54, 1.807) is 6.07 Å². The van der Waals surface area contributed by atoms with Crippen LogP contribution in [0, 0.1) is 18.8 Å². The van der Waals surface area contributed by atoms with Gasteiger partial charge >= 0.3 is 0 Å². The highest BCUT2D eigenvalue weighted by Gasteiger charge is 2.21. The predicted molar refractivity (Wildman–Crippen MR) is 80.6 cm³/mol. The summed E-state index contributed by atoms with van der Waals surface area (Å²) in [5.74, 6) is 5.60. The molecule has 1 heterocycles. The third kappa shape index (κ3) is 4.33. The molecule has 110 valence electrons. The Labute approximate surface area is 124 Å². The van der Waals surface area contributed by atoms with Gasteiger partial charge in [-0.05, 0) is 37.1 Å². The summed E-state index contributed by atoms with van der Waals surface area (Å²) < 4.78 is 0. The summed E-state index contributed by atoms with van der Waals surface area (Å²) in [7, 11) is 0. The minimum atomic E-state index is -0.157. The van der Waals surface area contributed by atoms with Crippen LogP contribution in [-0.2, 0) is 4.79 Å². The maximum absolute atomic E-state index is 12.2. The summed E-state index contributed by atoms with van der Waals surface area (Å²) in [5, 5.41) is 5.67. The van der Waals surface area contributed by atoms with Gasteiger partial charge in [-0.3, -0.25) is 9.59 Å². The number of hydrogen-bond donors (Lipinski definition) is 3. The standard InChI is InChI=1S/C16H19N3O2/c1-11-7-12(3-2-6-17)9-13(8-11)16(21)18-10-14-4-5-15(20)19-14/h7-9,14H,4-6,10,17H2,1H3,(H,18,21)(H,19,20). The van der Waals surface area contributed by atoms with Gasteiger partial charge in [-0.15, -0.1) is 0 Å². The average molecular weight is 285 g/mol. The van der Waals surface area contributed by atoms with Crippen molar-refractivity contribution in [2.75, 3.05) is 13.1 Å². The number of rotatable bonds is 3. The molecule has 2 rings (SSSR count). The van der Waals surface area contributed by atoms with Crippen molar-refractivity contribution >= 4 is 11.8 Å². The van der Waals surface area contributed by atoms with Crippen LogP contribution in [0.25, 0.3) is 0 Å². The fraction of sp³-hybridized carbons (Fsp3) is 0.375. The van der Waals surface area contributed by atoms with E-state index in [1.807, 2.05) is 19.1 Å². The molecule has 0 radical (unpaired) electrons. The smallest absolute Gasteiger partial charge is 0.251 e. The van der Waals surface area contributed by atoms with Crippen LogP contribution in [0.2, 0.25) is 0 Å². The van der Waals surface area contributed by atoms with Gasteiger partial charge in [-0.1, -0.05) is 11.8 Å². The van der Waals surface area contributed by atoms with Crippen LogP contribution >= 0.6 is 0 Å². The van der Waals surface area contributed by atoms with Crippen LogP contribution in [0.15, 0.2) is 18.2 Å². The minimum Gasteiger partial charge on any atom is -0.352 e. The van der Waals surface area contributed by atoms with Crippen LogP contribution in [-0.4, -0.2) is 30.9 Å². The molecule has 0 aromatic heterocycles. The van der Waals surface area contributed by atoms with Gasteiger partial charge in [0, 0.05) is 30.1 Å². The molecule has 1 atom stereocenters. The van der Waals surface area contributed by atoms with Crippen LogP contribution in [0.5, 0.6) is 0 Å². The van der Waals surface area contributed by atoms with Crippen molar-refractivity contribution in [1.82, 2.24) is 10.6 Å². The number of nitrogens with one attached hydrogen (secondary N) is 2. The molecule has 0 spiro atoms. The van der Waals surface area contributed by atoms with Crippen molar-refractivity contribution in [1.29, 1.82) is 0 Å². The summed E-state index contributed by atoms with van der Waals surface area (Å²) in [5.41, 5.74) is 7.67. The second-order valence-corrected chi connectivity index (χ2v) is 5.11. The molecule has 1 aromatic carbocycles. The van der Waals surface area contributed by atoms with Crippen molar-refractivity contribution in [2.24, 2.45) is 5.73 Å². The molecule has 5 nitrogen and oxygen atoms in total. The van der Waals surface area contributed by atoms with E-state index in [-0.39, 0.29) is 24.4 Å². The fourth-order valence-corrected chi connectivity index (χ4v) is 2.29. The zero-order chi connectivity index (χ0) is 15.2. The molecule has 0 saturated carbocycles. The van der Waals surface area contributed by atoms with E-state index in [9.17, 15) is 9.59 Å². The fourth-order valence-electron chi connectivity index (χ4n) is 2.29. The Balaban J connectivity index is 2.01. The zero-order valence-corrected chi connectivity index (χ0v) is 12.0. The number of amides is 2. The zero-order valence-electron chi connectivity index (χ0n) is 12.0. The van der Waals surface area contributed by atoms with Crippen molar-refractivity contribution in [3.63, 3.8) is 0 Å². The lowest BCUT2D eigenvalue weighted by Crippen LogP contribution is -2.38. The Hall–Kier alpha value is -2.32. The molecule has 1 saturated heterocycles. The normalized spacial score (nSPS) is 16.9. The minimum absolute atomic E-state index is 0.0303. The molecule has 4 N–H and O–H groups in total. The average Bonchev–Trinajstić information content (AvgIpc) is 2.87. The Bertz CT molecular complexity index is 614. The third-order valence-corrected chi connectivity index (χ3v) is 3.27. The molecule has 0 bridgehead atoms. The van der Waals surface area contributed by atoms with E-state index in [0.29, 0.717) is 18.5 Å². The lowest BCUT2D eigenvalue weighted by molar-refractivity contribution is -0.119. The Kier molecular flexibility index (Phi) is 4.96. The maximum atomic E-state index is 12.2. The molecule has 21 heavy (non-hydrogen) atoms. The van der Waals surface area contributed by atoms with Crippen LogP contribution in [0.1, 0.15) is 34.3 Å². The van der Waals surface area contributed by atoms with Gasteiger partial charge in [0.25, 0.3) is 5.91 Å². The molecular weight excluding hydrogens is 266 g/mol. The molecule has 1 aromatic rings. The van der Waals surface area contributed by atoms with E-state index < -0.39 is 0 Å². The Morgan fingerprint density at radius 2 is 2.29 bits per heavy atom. The van der Waals surface area contributed by atoms with Gasteiger partial charge in [0.15, 0.2) is 0 Å². The van der Waals surface area contributed by atoms with Gasteiger partial charge in [-0.2, -0.15) is 0 Å². The second kappa shape index (κ2) is 6.91. The number of carbonyl (C=O) groups excluding carboxylic acids is 2. The van der Waals surface area contributed by atoms with E-state index in [2.05, 4.69) is 22.5 Å². The molecule has 1 aliphatic rings. The van der Waals surface area contributed by atoms with Crippen LogP contribution in [0.3, 0.4) is 0 Å². The summed E-state index contributed by atoms with van der Waals surface area (Å²) >= 11 is 0. The van der Waals surface area contributed by atoms with Crippen molar-refractivity contribution in [2.45, 2.75) is 25.8 Å². The van der Waals surface area contributed by atoms with Crippen molar-refractivity contribution in [3.05, 3.63) is 34.9 Å². The SMILES string of the molecule is Cc1cc(C#CCN)cc(C(=O)NCC2CCC(=O)N2)c1. The van der Waals surface area contributed by atoms with Gasteiger partial charge < -0.3 is 16.4 Å². The number of hydrogen-bond acceptors (Lipinski definition) is 3. The molecule has 1 unspecified atom stereocenters. The van der Waals surface area contributed by atoms with E-state index in [0.717, 1.165) is 17.5 Å². The van der Waals surface area contributed by atoms with Gasteiger partial charge in [0.1, 0.15) is 0 Å². The first-order chi connectivity index (χ1) is 10.1. The summed E-state index contributed by atoms with van der Waals surface area (Å²) in [6.45, 7) is 2.65. The number of benzene rings is 1. The molecule has 2 amide bonds. The molecule has 1 fully saturated rings. The van der Waals surface area contributed by atoms with Crippen molar-refractivity contribution in [3.8, 4) is 11.8 Å². The number of carbonyl (C=O) groups is 2. The van der Waals surface area contributed by atoms with E-state index >= 15 is 0 Å². The molecular formula is C16H19N3O2. The lowest BCUT2D eigenvalue weighted by Gasteiger charge is -2.11. The molecule has 5 heteroatoms. The lowest BCUT2D eigenvalue weighted by atomic mass is 10.1. The summed E-state index contributed by atoms with van der Waals surface area (Å²) in [4.78, 5) is 23.3. The van der Waals surface area contributed by atoms with Gasteiger partial charge in [0.2, 0.25) is 5.91 Å². The molecule has 1 aliphatic heterocycles. The quantitative estimate of drug-likeness (QED) is 0.699. The Morgan fingerprint density at radius 3 is 2.95 bits per heavy atom. The third-order valence-electron chi connectivity index (χ3n) is 3.27. The summed E-state index contributed by atoms with van der Waals surface area (Å²) in [6, 6.07) is 5.51. The van der Waals surface area contributed by atoms with Gasteiger partial charge in [0.05, 0.1) is 6.54 Å². The summed E-state index contributed by atoms with van der Waals surface area (Å²) in [6.07, 6.45) is 1.30. The van der Waals surface area contributed by atoms with Crippen molar-refractivity contribution < 1.29 is 9.59 Å². The first kappa shape index (κ1) is 15.1. The van der Waals surface area contributed by atoms with E-state index in [1.165, 1.54) is 0 Å². The highest BCUT2D eigenvalue weighted by atomic mass is 16.2. The number of nitrogens with two attached hydrogens (primary N) is 1. The van der Waals surface area contributed by atoms with Crippen LogP contribution < -0.4 is 16.4 Å². The monoisotopic (exact) mass is 285 g/mol. The first-order valence-corrected chi connectivity index (χ1v) is 6.96. The highest BCUT2D eigenvalue weighted by molar-refractivity contribution is 5.94. The second-order valence-electron chi connectivity index (χ2n) is 5.11. The Morgan fingerprint density at radius 1 is 1.48 bits per heavy atom. The van der Waals surface area contributed by atoms with Crippen LogP contribution in [0.4, 0.5) is 0 Å². The molecule has 0 aliphatic carbocycles. The highest BCUT2D eigenvalue weighted by Crippen LogP contribution is 2.10. The first-order valence-electron chi connectivity index (χ1n) is 6.96. The van der Waals surface area contributed by atoms with Gasteiger partial charge in [-0.25, -0.2) is 0 Å². The predicted octanol–water partition coefficient (Wildman–Crippen LogP) is 0.314. The topological polar surface area (TPSA) is 84.2 Å². The number of aryl methyl sites for hydroxylation is 1. The largest absolute Gasteiger partial charge is 0.352 e. The van der Waals surface area contributed by atoms with E-state index in [4.69, 9.17) is 5.73 Å².